The largest absolute Gasteiger partial charge is 0.478 e. The average Bonchev–Trinajstić information content (AvgIpc) is 3.71. The van der Waals surface area contributed by atoms with Crippen molar-refractivity contribution in [1.29, 1.82) is 0 Å². The maximum atomic E-state index is 15.0. The summed E-state index contributed by atoms with van der Waals surface area (Å²) in [5, 5.41) is 14.5. The minimum Gasteiger partial charge on any atom is -0.478 e. The first kappa shape index (κ1) is 24.3. The van der Waals surface area contributed by atoms with E-state index in [1.54, 1.807) is 24.1 Å². The van der Waals surface area contributed by atoms with Crippen LogP contribution in [0, 0.1) is 5.82 Å². The zero-order valence-electron chi connectivity index (χ0n) is 21.3. The summed E-state index contributed by atoms with van der Waals surface area (Å²) < 4.78 is 21.8. The van der Waals surface area contributed by atoms with Crippen molar-refractivity contribution >= 4 is 34.1 Å². The van der Waals surface area contributed by atoms with E-state index in [4.69, 9.17) is 4.74 Å². The van der Waals surface area contributed by atoms with Crippen LogP contribution in [-0.2, 0) is 11.8 Å². The molecule has 5 heterocycles. The van der Waals surface area contributed by atoms with Gasteiger partial charge in [0, 0.05) is 36.8 Å². The second-order valence-corrected chi connectivity index (χ2v) is 9.70. The number of hydrogen-bond acceptors (Lipinski definition) is 8. The number of aromatic amines is 1. The van der Waals surface area contributed by atoms with E-state index in [9.17, 15) is 9.18 Å². The summed E-state index contributed by atoms with van der Waals surface area (Å²) in [5.41, 5.74) is 2.63. The van der Waals surface area contributed by atoms with Crippen LogP contribution < -0.4 is 20.7 Å². The number of carbonyl (C=O) groups is 1. The summed E-state index contributed by atoms with van der Waals surface area (Å²) in [4.78, 5) is 27.4. The predicted molar refractivity (Wildman–Crippen MR) is 142 cm³/mol. The lowest BCUT2D eigenvalue weighted by Crippen LogP contribution is -2.46. The third-order valence-electron chi connectivity index (χ3n) is 7.31. The van der Waals surface area contributed by atoms with Gasteiger partial charge in [-0.15, -0.1) is 5.10 Å². The zero-order valence-corrected chi connectivity index (χ0v) is 21.3. The van der Waals surface area contributed by atoms with Gasteiger partial charge in [-0.05, 0) is 38.4 Å². The number of amides is 1. The molecule has 2 saturated heterocycles. The third kappa shape index (κ3) is 4.45. The smallest absolute Gasteiger partial charge is 0.256 e. The molecule has 4 N–H and O–H groups in total. The van der Waals surface area contributed by atoms with Gasteiger partial charge in [0.25, 0.3) is 5.88 Å². The predicted octanol–water partition coefficient (Wildman–Crippen LogP) is 3.01. The summed E-state index contributed by atoms with van der Waals surface area (Å²) >= 11 is 0. The SMILES string of the molecule is COc1nn(C)cc1Nc1ncc(F)c(-c2c[nH]c3c(NC(=O)C4CCCN4C4CCNC4)cccc23)n1. The monoisotopic (exact) mass is 519 g/mol. The van der Waals surface area contributed by atoms with Crippen LogP contribution in [0.3, 0.4) is 0 Å². The maximum absolute atomic E-state index is 15.0. The fourth-order valence-corrected chi connectivity index (χ4v) is 5.54. The van der Waals surface area contributed by atoms with Crippen molar-refractivity contribution in [1.82, 2.24) is 34.9 Å². The Morgan fingerprint density at radius 1 is 1.26 bits per heavy atom. The zero-order chi connectivity index (χ0) is 26.2. The molecular weight excluding hydrogens is 489 g/mol. The first-order valence-corrected chi connectivity index (χ1v) is 12.8. The van der Waals surface area contributed by atoms with E-state index >= 15 is 0 Å². The molecule has 2 unspecified atom stereocenters. The topological polar surface area (TPSA) is 125 Å². The first-order chi connectivity index (χ1) is 18.5. The molecule has 0 radical (unpaired) electrons. The van der Waals surface area contributed by atoms with Crippen molar-refractivity contribution in [2.24, 2.45) is 7.05 Å². The lowest BCUT2D eigenvalue weighted by Gasteiger charge is -2.29. The van der Waals surface area contributed by atoms with E-state index in [0.29, 0.717) is 34.4 Å². The fourth-order valence-electron chi connectivity index (χ4n) is 5.54. The Hall–Kier alpha value is -4.03. The van der Waals surface area contributed by atoms with Crippen molar-refractivity contribution in [3.8, 4) is 17.1 Å². The van der Waals surface area contributed by atoms with Crippen molar-refractivity contribution in [2.45, 2.75) is 31.3 Å². The molecule has 0 saturated carbocycles. The number of hydrogen-bond donors (Lipinski definition) is 4. The molecule has 2 atom stereocenters. The van der Waals surface area contributed by atoms with Crippen LogP contribution >= 0.6 is 0 Å². The van der Waals surface area contributed by atoms with Gasteiger partial charge in [0.15, 0.2) is 5.82 Å². The number of rotatable bonds is 7. The lowest BCUT2D eigenvalue weighted by molar-refractivity contribution is -0.120. The van der Waals surface area contributed by atoms with Crippen LogP contribution in [0.15, 0.2) is 36.8 Å². The van der Waals surface area contributed by atoms with E-state index in [-0.39, 0.29) is 23.6 Å². The highest BCUT2D eigenvalue weighted by molar-refractivity contribution is 6.06. The molecule has 38 heavy (non-hydrogen) atoms. The van der Waals surface area contributed by atoms with E-state index < -0.39 is 5.82 Å². The molecule has 3 aromatic heterocycles. The molecule has 2 fully saturated rings. The number of nitrogens with one attached hydrogen (secondary N) is 4. The van der Waals surface area contributed by atoms with Crippen molar-refractivity contribution in [3.05, 3.63) is 42.6 Å². The Bertz CT molecular complexity index is 1480. The van der Waals surface area contributed by atoms with Crippen molar-refractivity contribution < 1.29 is 13.9 Å². The summed E-state index contributed by atoms with van der Waals surface area (Å²) in [7, 11) is 3.28. The van der Waals surface area contributed by atoms with E-state index in [0.717, 1.165) is 50.5 Å². The number of aryl methyl sites for hydroxylation is 1. The second-order valence-electron chi connectivity index (χ2n) is 9.70. The number of aromatic nitrogens is 5. The minimum atomic E-state index is -0.559. The molecule has 6 rings (SSSR count). The quantitative estimate of drug-likeness (QED) is 0.294. The maximum Gasteiger partial charge on any atom is 0.256 e. The highest BCUT2D eigenvalue weighted by atomic mass is 19.1. The molecule has 1 amide bonds. The molecule has 11 nitrogen and oxygen atoms in total. The molecular formula is C26H30FN9O2. The van der Waals surface area contributed by atoms with Crippen LogP contribution in [0.4, 0.5) is 21.7 Å². The number of nitrogens with zero attached hydrogens (tertiary/aromatic N) is 5. The van der Waals surface area contributed by atoms with Crippen LogP contribution in [0.5, 0.6) is 5.88 Å². The summed E-state index contributed by atoms with van der Waals surface area (Å²) in [6.07, 6.45) is 7.48. The van der Waals surface area contributed by atoms with Crippen molar-refractivity contribution in [3.63, 3.8) is 0 Å². The number of ether oxygens (including phenoxy) is 1. The number of methoxy groups -OCH3 is 1. The normalized spacial score (nSPS) is 19.8. The summed E-state index contributed by atoms with van der Waals surface area (Å²) in [6.45, 7) is 2.86. The standard InChI is InChI=1S/C26H30FN9O2/c1-35-14-20(25(34-35)38-2)32-26-30-13-18(27)22(33-26)17-12-29-23-16(17)5-3-6-19(23)31-24(37)21-7-4-10-36(21)15-8-9-28-11-15/h3,5-6,12-15,21,28-29H,4,7-11H2,1-2H3,(H,31,37)(H,30,32,33). The van der Waals surface area contributed by atoms with Crippen LogP contribution in [0.25, 0.3) is 22.2 Å². The second kappa shape index (κ2) is 10.0. The molecule has 12 heteroatoms. The molecule has 1 aromatic carbocycles. The number of halogens is 1. The molecule has 2 aliphatic heterocycles. The molecule has 0 aliphatic carbocycles. The number of benzene rings is 1. The van der Waals surface area contributed by atoms with Gasteiger partial charge >= 0.3 is 0 Å². The number of anilines is 3. The van der Waals surface area contributed by atoms with Gasteiger partial charge in [0.1, 0.15) is 11.4 Å². The van der Waals surface area contributed by atoms with Crippen molar-refractivity contribution in [2.75, 3.05) is 37.4 Å². The Balaban J connectivity index is 1.27. The van der Waals surface area contributed by atoms with Gasteiger partial charge in [-0.2, -0.15) is 0 Å². The Morgan fingerprint density at radius 2 is 2.16 bits per heavy atom. The Kier molecular flexibility index (Phi) is 6.42. The summed E-state index contributed by atoms with van der Waals surface area (Å²) in [6, 6.07) is 5.83. The van der Waals surface area contributed by atoms with E-state index in [1.807, 2.05) is 18.2 Å². The number of para-hydroxylation sites is 1. The molecule has 198 valence electrons. The number of likely N-dealkylation sites (tertiary alicyclic amines) is 1. The molecule has 0 spiro atoms. The minimum absolute atomic E-state index is 0.0110. The average molecular weight is 520 g/mol. The Morgan fingerprint density at radius 3 is 2.97 bits per heavy atom. The highest BCUT2D eigenvalue weighted by Crippen LogP contribution is 2.34. The van der Waals surface area contributed by atoms with E-state index in [1.165, 1.54) is 7.11 Å². The number of H-pyrrole nitrogens is 1. The van der Waals surface area contributed by atoms with E-state index in [2.05, 4.69) is 40.9 Å². The number of fused-ring (bicyclic) bond motifs is 1. The van der Waals surface area contributed by atoms with Gasteiger partial charge < -0.3 is 25.7 Å². The molecule has 2 aliphatic rings. The fraction of sp³-hybridized carbons (Fsp3) is 0.385. The molecule has 4 aromatic rings. The summed E-state index contributed by atoms with van der Waals surface area (Å²) in [5.74, 6) is 0.00712. The third-order valence-corrected chi connectivity index (χ3v) is 7.31. The Labute approximate surface area is 218 Å². The van der Waals surface area contributed by atoms with Gasteiger partial charge in [0.05, 0.1) is 36.7 Å². The lowest BCUT2D eigenvalue weighted by atomic mass is 10.1. The van der Waals surface area contributed by atoms with Crippen LogP contribution in [-0.4, -0.2) is 74.4 Å². The van der Waals surface area contributed by atoms with Crippen LogP contribution in [0.2, 0.25) is 0 Å². The first-order valence-electron chi connectivity index (χ1n) is 12.8. The molecule has 0 bridgehead atoms. The van der Waals surface area contributed by atoms with Gasteiger partial charge in [-0.1, -0.05) is 12.1 Å². The van der Waals surface area contributed by atoms with Gasteiger partial charge in [-0.3, -0.25) is 14.4 Å². The number of carbonyl (C=O) groups excluding carboxylic acids is 1. The van der Waals surface area contributed by atoms with Gasteiger partial charge in [0.2, 0.25) is 11.9 Å². The van der Waals surface area contributed by atoms with Gasteiger partial charge in [-0.25, -0.2) is 14.4 Å². The highest BCUT2D eigenvalue weighted by Gasteiger charge is 2.36. The van der Waals surface area contributed by atoms with Crippen LogP contribution in [0.1, 0.15) is 19.3 Å².